The van der Waals surface area contributed by atoms with Gasteiger partial charge in [-0.2, -0.15) is 0 Å². The first-order valence-electron chi connectivity index (χ1n) is 12.1. The summed E-state index contributed by atoms with van der Waals surface area (Å²) < 4.78 is 0. The third-order valence-electron chi connectivity index (χ3n) is 6.23. The van der Waals surface area contributed by atoms with Crippen LogP contribution in [0.25, 0.3) is 5.57 Å². The maximum Gasteiger partial charge on any atom is 0.194 e. The minimum atomic E-state index is -0.252. The van der Waals surface area contributed by atoms with E-state index in [4.69, 9.17) is 0 Å². The Morgan fingerprint density at radius 2 is 1.31 bits per heavy atom. The first kappa shape index (κ1) is 26.0. The van der Waals surface area contributed by atoms with Gasteiger partial charge in [0.25, 0.3) is 0 Å². The number of hydrogen-bond donors (Lipinski definition) is 2. The molecule has 0 saturated heterocycles. The lowest BCUT2D eigenvalue weighted by Crippen LogP contribution is -2.21. The van der Waals surface area contributed by atoms with Gasteiger partial charge in [-0.1, -0.05) is 47.1 Å². The predicted molar refractivity (Wildman–Crippen MR) is 142 cm³/mol. The van der Waals surface area contributed by atoms with Crippen molar-refractivity contribution in [3.05, 3.63) is 99.7 Å². The summed E-state index contributed by atoms with van der Waals surface area (Å²) in [4.78, 5) is 26.8. The molecule has 2 aromatic rings. The van der Waals surface area contributed by atoms with Gasteiger partial charge >= 0.3 is 0 Å². The van der Waals surface area contributed by atoms with Crippen LogP contribution in [0.15, 0.2) is 83.0 Å². The Hall–Kier alpha value is -3.66. The normalized spacial score (nSPS) is 14.3. The highest BCUT2D eigenvalue weighted by atomic mass is 16.3. The Kier molecular flexibility index (Phi) is 8.64. The van der Waals surface area contributed by atoms with E-state index in [0.717, 1.165) is 31.3 Å². The first-order valence-corrected chi connectivity index (χ1v) is 12.1. The summed E-state index contributed by atoms with van der Waals surface area (Å²) in [5, 5.41) is 19.6. The fourth-order valence-electron chi connectivity index (χ4n) is 4.21. The Morgan fingerprint density at radius 1 is 0.714 bits per heavy atom. The van der Waals surface area contributed by atoms with Crippen LogP contribution < -0.4 is 0 Å². The van der Waals surface area contributed by atoms with Crippen molar-refractivity contribution in [2.75, 3.05) is 0 Å². The number of phenols is 2. The van der Waals surface area contributed by atoms with E-state index in [-0.39, 0.29) is 34.2 Å². The zero-order valence-electron chi connectivity index (χ0n) is 21.0. The van der Waals surface area contributed by atoms with Gasteiger partial charge < -0.3 is 10.2 Å². The van der Waals surface area contributed by atoms with Crippen LogP contribution in [0, 0.1) is 0 Å². The van der Waals surface area contributed by atoms with Crippen LogP contribution in [0.5, 0.6) is 11.5 Å². The second-order valence-corrected chi connectivity index (χ2v) is 9.45. The third-order valence-corrected chi connectivity index (χ3v) is 6.23. The fraction of sp³-hybridized carbons (Fsp3) is 0.290. The zero-order chi connectivity index (χ0) is 25.5. The number of carbonyl (C=O) groups is 2. The summed E-state index contributed by atoms with van der Waals surface area (Å²) in [6, 6.07) is 10.6. The molecular weight excluding hydrogens is 436 g/mol. The molecule has 1 aliphatic carbocycles. The standard InChI is InChI=1S/C31H34O4/c1-20(2)7-5-8-21(3)9-6-10-22(4)11-17-27-29(23-12-14-24(32)15-13-23)31(35)26-18-16-25(33)19-28(26)30(27)34/h7,9,11-16,18-19,32-33H,5-6,8,10,17H2,1-4H3/b21-9+,22-11+. The maximum absolute atomic E-state index is 13.4. The van der Waals surface area contributed by atoms with Crippen LogP contribution in [0.2, 0.25) is 0 Å². The first-order chi connectivity index (χ1) is 16.7. The second kappa shape index (κ2) is 11.7. The van der Waals surface area contributed by atoms with Crippen molar-refractivity contribution >= 4 is 17.1 Å². The zero-order valence-corrected chi connectivity index (χ0v) is 21.0. The molecule has 0 aliphatic heterocycles. The van der Waals surface area contributed by atoms with E-state index in [1.807, 2.05) is 13.0 Å². The maximum atomic E-state index is 13.4. The van der Waals surface area contributed by atoms with E-state index >= 15 is 0 Å². The second-order valence-electron chi connectivity index (χ2n) is 9.45. The Bertz CT molecular complexity index is 1230. The third kappa shape index (κ3) is 6.69. The molecule has 0 amide bonds. The van der Waals surface area contributed by atoms with Crippen molar-refractivity contribution < 1.29 is 19.8 Å². The summed E-state index contributed by atoms with van der Waals surface area (Å²) in [5.41, 5.74) is 5.73. The van der Waals surface area contributed by atoms with E-state index in [2.05, 4.69) is 32.9 Å². The number of hydrogen-bond acceptors (Lipinski definition) is 4. The molecule has 0 unspecified atom stereocenters. The van der Waals surface area contributed by atoms with Crippen LogP contribution in [-0.2, 0) is 0 Å². The van der Waals surface area contributed by atoms with Gasteiger partial charge in [0.1, 0.15) is 11.5 Å². The molecule has 35 heavy (non-hydrogen) atoms. The van der Waals surface area contributed by atoms with Crippen molar-refractivity contribution in [3.8, 4) is 11.5 Å². The Balaban J connectivity index is 1.83. The number of aromatic hydroxyl groups is 2. The highest BCUT2D eigenvalue weighted by molar-refractivity contribution is 6.40. The smallest absolute Gasteiger partial charge is 0.194 e. The Morgan fingerprint density at radius 3 is 1.97 bits per heavy atom. The van der Waals surface area contributed by atoms with Crippen molar-refractivity contribution in [2.45, 2.75) is 59.8 Å². The lowest BCUT2D eigenvalue weighted by molar-refractivity contribution is 0.0990. The van der Waals surface area contributed by atoms with Crippen LogP contribution in [0.3, 0.4) is 0 Å². The quantitative estimate of drug-likeness (QED) is 0.368. The Labute approximate surface area is 208 Å². The van der Waals surface area contributed by atoms with Gasteiger partial charge in [0.15, 0.2) is 11.6 Å². The molecule has 4 heteroatoms. The number of Topliss-reactive ketones (excluding diaryl/α,β-unsaturated/α-hetero) is 2. The van der Waals surface area contributed by atoms with E-state index in [1.165, 1.54) is 41.5 Å². The van der Waals surface area contributed by atoms with Gasteiger partial charge in [0.2, 0.25) is 0 Å². The van der Waals surface area contributed by atoms with Crippen LogP contribution in [0.4, 0.5) is 0 Å². The monoisotopic (exact) mass is 470 g/mol. The largest absolute Gasteiger partial charge is 0.508 e. The van der Waals surface area contributed by atoms with E-state index in [9.17, 15) is 19.8 Å². The van der Waals surface area contributed by atoms with Gasteiger partial charge in [-0.05, 0) is 95.7 Å². The molecule has 0 spiro atoms. The molecule has 4 nitrogen and oxygen atoms in total. The van der Waals surface area contributed by atoms with Crippen LogP contribution >= 0.6 is 0 Å². The summed E-state index contributed by atoms with van der Waals surface area (Å²) in [7, 11) is 0. The summed E-state index contributed by atoms with van der Waals surface area (Å²) in [6.07, 6.45) is 10.8. The molecule has 0 bridgehead atoms. The van der Waals surface area contributed by atoms with Gasteiger partial charge in [0, 0.05) is 22.3 Å². The number of fused-ring (bicyclic) bond motifs is 1. The molecule has 0 aromatic heterocycles. The number of rotatable bonds is 9. The number of allylic oxidation sites excluding steroid dienone is 8. The minimum Gasteiger partial charge on any atom is -0.508 e. The molecule has 0 fully saturated rings. The molecule has 0 radical (unpaired) electrons. The highest BCUT2D eigenvalue weighted by Crippen LogP contribution is 2.36. The molecule has 2 N–H and O–H groups in total. The van der Waals surface area contributed by atoms with Crippen molar-refractivity contribution in [2.24, 2.45) is 0 Å². The summed E-state index contributed by atoms with van der Waals surface area (Å²) in [5.74, 6) is -0.453. The van der Waals surface area contributed by atoms with Crippen LogP contribution in [-0.4, -0.2) is 21.8 Å². The average molecular weight is 471 g/mol. The molecule has 0 saturated carbocycles. The van der Waals surface area contributed by atoms with Crippen molar-refractivity contribution in [1.29, 1.82) is 0 Å². The number of ketones is 2. The van der Waals surface area contributed by atoms with Gasteiger partial charge in [-0.15, -0.1) is 0 Å². The molecular formula is C31H34O4. The van der Waals surface area contributed by atoms with Crippen LogP contribution in [0.1, 0.15) is 86.1 Å². The molecule has 0 heterocycles. The minimum absolute atomic E-state index is 0.0456. The number of carbonyl (C=O) groups excluding carboxylic acids is 2. The molecule has 3 rings (SSSR count). The average Bonchev–Trinajstić information content (AvgIpc) is 2.81. The topological polar surface area (TPSA) is 74.6 Å². The SMILES string of the molecule is CC(C)=CCC/C(C)=C/CC/C(C)=C/CC1=C(c2ccc(O)cc2)C(=O)c2ccc(O)cc2C1=O. The van der Waals surface area contributed by atoms with Crippen molar-refractivity contribution in [3.63, 3.8) is 0 Å². The lowest BCUT2D eigenvalue weighted by atomic mass is 9.79. The molecule has 2 aromatic carbocycles. The van der Waals surface area contributed by atoms with Gasteiger partial charge in [-0.25, -0.2) is 0 Å². The van der Waals surface area contributed by atoms with Gasteiger partial charge in [-0.3, -0.25) is 9.59 Å². The number of phenolic OH excluding ortho intramolecular Hbond substituents is 2. The fourth-order valence-corrected chi connectivity index (χ4v) is 4.21. The molecule has 0 atom stereocenters. The van der Waals surface area contributed by atoms with E-state index in [0.29, 0.717) is 23.1 Å². The molecule has 182 valence electrons. The lowest BCUT2D eigenvalue weighted by Gasteiger charge is -2.21. The van der Waals surface area contributed by atoms with E-state index < -0.39 is 0 Å². The van der Waals surface area contributed by atoms with Gasteiger partial charge in [0.05, 0.1) is 0 Å². The molecule has 1 aliphatic rings. The summed E-state index contributed by atoms with van der Waals surface area (Å²) >= 11 is 0. The number of benzene rings is 2. The predicted octanol–water partition coefficient (Wildman–Crippen LogP) is 7.74. The summed E-state index contributed by atoms with van der Waals surface area (Å²) in [6.45, 7) is 8.43. The van der Waals surface area contributed by atoms with E-state index in [1.54, 1.807) is 12.1 Å². The highest BCUT2D eigenvalue weighted by Gasteiger charge is 2.32. The van der Waals surface area contributed by atoms with Crippen molar-refractivity contribution in [1.82, 2.24) is 0 Å².